The summed E-state index contributed by atoms with van der Waals surface area (Å²) >= 11 is 13.0. The summed E-state index contributed by atoms with van der Waals surface area (Å²) in [5.41, 5.74) is 3.08. The Morgan fingerprint density at radius 3 is 2.50 bits per heavy atom. The average molecular weight is 433 g/mol. The van der Waals surface area contributed by atoms with E-state index in [1.54, 1.807) is 0 Å². The van der Waals surface area contributed by atoms with Gasteiger partial charge in [0.1, 0.15) is 4.88 Å². The lowest BCUT2D eigenvalue weighted by Crippen LogP contribution is -2.18. The molecule has 2 N–H and O–H groups in total. The second-order valence-electron chi connectivity index (χ2n) is 6.33. The van der Waals surface area contributed by atoms with Gasteiger partial charge in [-0.15, -0.1) is 11.3 Å². The van der Waals surface area contributed by atoms with Crippen molar-refractivity contribution in [3.05, 3.63) is 57.9 Å². The molecule has 146 valence electrons. The largest absolute Gasteiger partial charge is 0.465 e. The molecule has 0 aliphatic carbocycles. The maximum atomic E-state index is 11.8. The van der Waals surface area contributed by atoms with Gasteiger partial charge in [0, 0.05) is 21.5 Å². The molecule has 1 heterocycles. The zero-order valence-corrected chi connectivity index (χ0v) is 18.1. The number of benzene rings is 2. The molecular weight excluding hydrogens is 412 g/mol. The highest BCUT2D eigenvalue weighted by Gasteiger charge is 2.17. The van der Waals surface area contributed by atoms with Gasteiger partial charge >= 0.3 is 5.97 Å². The first-order chi connectivity index (χ1) is 13.5. The Bertz CT molecular complexity index is 1000. The van der Waals surface area contributed by atoms with Crippen LogP contribution in [-0.4, -0.2) is 18.2 Å². The number of nitrogens with one attached hydrogen (secondary N) is 2. The van der Waals surface area contributed by atoms with Crippen LogP contribution < -0.4 is 10.6 Å². The van der Waals surface area contributed by atoms with Crippen molar-refractivity contribution in [1.29, 1.82) is 0 Å². The van der Waals surface area contributed by atoms with E-state index in [1.165, 1.54) is 36.9 Å². The van der Waals surface area contributed by atoms with E-state index in [0.717, 1.165) is 27.9 Å². The number of methoxy groups -OCH3 is 1. The van der Waals surface area contributed by atoms with Crippen LogP contribution in [0.2, 0.25) is 5.02 Å². The highest BCUT2D eigenvalue weighted by molar-refractivity contribution is 7.80. The van der Waals surface area contributed by atoms with Gasteiger partial charge in [-0.05, 0) is 61.0 Å². The zero-order valence-electron chi connectivity index (χ0n) is 15.7. The fourth-order valence-electron chi connectivity index (χ4n) is 2.80. The average Bonchev–Trinajstić information content (AvgIpc) is 3.02. The lowest BCUT2D eigenvalue weighted by Gasteiger charge is -2.11. The van der Waals surface area contributed by atoms with Crippen LogP contribution in [0.1, 0.15) is 35.0 Å². The quantitative estimate of drug-likeness (QED) is 0.344. The summed E-state index contributed by atoms with van der Waals surface area (Å²) in [5.74, 6) is -0.430. The summed E-state index contributed by atoms with van der Waals surface area (Å²) in [5, 5.41) is 8.09. The third kappa shape index (κ3) is 4.82. The minimum Gasteiger partial charge on any atom is -0.465 e. The minimum absolute atomic E-state index is 0.403. The molecule has 0 saturated heterocycles. The number of hydrogen-bond donors (Lipinski definition) is 2. The van der Waals surface area contributed by atoms with E-state index in [1.807, 2.05) is 30.3 Å². The Morgan fingerprint density at radius 2 is 1.82 bits per heavy atom. The molecule has 28 heavy (non-hydrogen) atoms. The Hall–Kier alpha value is -2.15. The van der Waals surface area contributed by atoms with Crippen LogP contribution in [0.3, 0.4) is 0 Å². The van der Waals surface area contributed by atoms with E-state index in [0.29, 0.717) is 15.0 Å². The van der Waals surface area contributed by atoms with Crippen LogP contribution in [0.5, 0.6) is 0 Å². The molecule has 3 rings (SSSR count). The molecule has 0 unspecified atom stereocenters. The SMILES string of the molecule is CCCCc1ccc(NC(=S)Nc2ccc3c(Cl)c(C(=O)OC)sc3c2)cc1. The molecule has 0 atom stereocenters. The fourth-order valence-corrected chi connectivity index (χ4v) is 4.50. The first kappa shape index (κ1) is 20.6. The Kier molecular flexibility index (Phi) is 6.88. The predicted molar refractivity (Wildman–Crippen MR) is 123 cm³/mol. The fraction of sp³-hybridized carbons (Fsp3) is 0.238. The van der Waals surface area contributed by atoms with Crippen LogP contribution >= 0.6 is 35.2 Å². The topological polar surface area (TPSA) is 50.4 Å². The molecule has 0 fully saturated rings. The van der Waals surface area contributed by atoms with Gasteiger partial charge in [-0.2, -0.15) is 0 Å². The summed E-state index contributed by atoms with van der Waals surface area (Å²) in [6.45, 7) is 2.19. The maximum absolute atomic E-state index is 11.8. The van der Waals surface area contributed by atoms with Gasteiger partial charge < -0.3 is 15.4 Å². The van der Waals surface area contributed by atoms with Gasteiger partial charge in [-0.3, -0.25) is 0 Å². The Labute approximate surface area is 178 Å². The summed E-state index contributed by atoms with van der Waals surface area (Å²) in [6.07, 6.45) is 3.48. The summed E-state index contributed by atoms with van der Waals surface area (Å²) in [6, 6.07) is 14.0. The molecule has 0 radical (unpaired) electrons. The number of esters is 1. The van der Waals surface area contributed by atoms with Crippen LogP contribution in [-0.2, 0) is 11.2 Å². The number of thiophene rings is 1. The van der Waals surface area contributed by atoms with Gasteiger partial charge in [-0.25, -0.2) is 4.79 Å². The van der Waals surface area contributed by atoms with Crippen molar-refractivity contribution in [3.63, 3.8) is 0 Å². The summed E-state index contributed by atoms with van der Waals surface area (Å²) < 4.78 is 5.67. The van der Waals surface area contributed by atoms with Gasteiger partial charge in [0.15, 0.2) is 5.11 Å². The molecule has 0 amide bonds. The number of fused-ring (bicyclic) bond motifs is 1. The molecule has 4 nitrogen and oxygen atoms in total. The van der Waals surface area contributed by atoms with Crippen molar-refractivity contribution >= 4 is 67.7 Å². The van der Waals surface area contributed by atoms with Crippen molar-refractivity contribution in [2.75, 3.05) is 17.7 Å². The number of rotatable bonds is 6. The zero-order chi connectivity index (χ0) is 20.1. The number of carbonyl (C=O) groups excluding carboxylic acids is 1. The highest BCUT2D eigenvalue weighted by atomic mass is 35.5. The van der Waals surface area contributed by atoms with Crippen LogP contribution in [0, 0.1) is 0 Å². The van der Waals surface area contributed by atoms with Crippen LogP contribution in [0.4, 0.5) is 11.4 Å². The van der Waals surface area contributed by atoms with Gasteiger partial charge in [0.2, 0.25) is 0 Å². The third-order valence-corrected chi connectivity index (χ3v) is 6.13. The summed E-state index contributed by atoms with van der Waals surface area (Å²) in [4.78, 5) is 12.2. The standard InChI is InChI=1S/C21H21ClN2O2S2/c1-3-4-5-13-6-8-14(9-7-13)23-21(27)24-15-10-11-16-17(12-15)28-19(18(16)22)20(25)26-2/h6-12H,3-5H2,1-2H3,(H2,23,24,27). The van der Waals surface area contributed by atoms with Crippen molar-refractivity contribution in [2.45, 2.75) is 26.2 Å². The number of carbonyl (C=O) groups is 1. The van der Waals surface area contributed by atoms with Gasteiger partial charge in [0.25, 0.3) is 0 Å². The molecule has 0 saturated carbocycles. The second-order valence-corrected chi connectivity index (χ2v) is 8.17. The van der Waals surface area contributed by atoms with E-state index >= 15 is 0 Å². The molecular formula is C21H21ClN2O2S2. The number of hydrogen-bond acceptors (Lipinski definition) is 4. The van der Waals surface area contributed by atoms with Gasteiger partial charge in [-0.1, -0.05) is 37.1 Å². The number of aryl methyl sites for hydroxylation is 1. The number of unbranched alkanes of at least 4 members (excludes halogenated alkanes) is 1. The number of halogens is 1. The smallest absolute Gasteiger partial charge is 0.349 e. The van der Waals surface area contributed by atoms with Crippen molar-refractivity contribution in [1.82, 2.24) is 0 Å². The van der Waals surface area contributed by atoms with E-state index in [2.05, 4.69) is 29.7 Å². The molecule has 7 heteroatoms. The Morgan fingerprint density at radius 1 is 1.14 bits per heavy atom. The van der Waals surface area contributed by atoms with Crippen molar-refractivity contribution in [3.8, 4) is 0 Å². The van der Waals surface area contributed by atoms with Crippen molar-refractivity contribution in [2.24, 2.45) is 0 Å². The molecule has 1 aromatic heterocycles. The van der Waals surface area contributed by atoms with E-state index in [9.17, 15) is 4.79 Å². The molecule has 0 spiro atoms. The van der Waals surface area contributed by atoms with Crippen LogP contribution in [0.15, 0.2) is 42.5 Å². The van der Waals surface area contributed by atoms with E-state index < -0.39 is 5.97 Å². The Balaban J connectivity index is 1.68. The number of ether oxygens (including phenoxy) is 1. The maximum Gasteiger partial charge on any atom is 0.349 e. The minimum atomic E-state index is -0.430. The van der Waals surface area contributed by atoms with E-state index in [4.69, 9.17) is 28.6 Å². The van der Waals surface area contributed by atoms with Crippen molar-refractivity contribution < 1.29 is 9.53 Å². The normalized spacial score (nSPS) is 10.7. The second kappa shape index (κ2) is 9.37. The molecule has 3 aromatic rings. The highest BCUT2D eigenvalue weighted by Crippen LogP contribution is 2.37. The summed E-state index contributed by atoms with van der Waals surface area (Å²) in [7, 11) is 1.34. The molecule has 0 bridgehead atoms. The number of anilines is 2. The number of thiocarbonyl (C=S) groups is 1. The van der Waals surface area contributed by atoms with Gasteiger partial charge in [0.05, 0.1) is 12.1 Å². The van der Waals surface area contributed by atoms with E-state index in [-0.39, 0.29) is 0 Å². The predicted octanol–water partition coefficient (Wildman–Crippen LogP) is 6.49. The monoisotopic (exact) mass is 432 g/mol. The lowest BCUT2D eigenvalue weighted by atomic mass is 10.1. The first-order valence-electron chi connectivity index (χ1n) is 8.99. The molecule has 2 aromatic carbocycles. The first-order valence-corrected chi connectivity index (χ1v) is 10.6. The third-order valence-electron chi connectivity index (χ3n) is 4.29. The van der Waals surface area contributed by atoms with Crippen LogP contribution in [0.25, 0.3) is 10.1 Å². The molecule has 0 aliphatic heterocycles. The molecule has 0 aliphatic rings. The lowest BCUT2D eigenvalue weighted by molar-refractivity contribution is 0.0606.